The number of rotatable bonds is 9. The molecule has 1 aliphatic heterocycles. The van der Waals surface area contributed by atoms with Gasteiger partial charge in [0.15, 0.2) is 11.0 Å². The quantitative estimate of drug-likeness (QED) is 0.481. The molecule has 2 aliphatic rings. The van der Waals surface area contributed by atoms with Gasteiger partial charge < -0.3 is 14.8 Å². The van der Waals surface area contributed by atoms with Gasteiger partial charge in [0.2, 0.25) is 5.91 Å². The summed E-state index contributed by atoms with van der Waals surface area (Å²) >= 11 is 1.41. The summed E-state index contributed by atoms with van der Waals surface area (Å²) in [7, 11) is 0. The smallest absolute Gasteiger partial charge is 0.230 e. The number of nitrogens with zero attached hydrogens (tertiary/aromatic N) is 4. The van der Waals surface area contributed by atoms with Crippen molar-refractivity contribution in [2.24, 2.45) is 0 Å². The van der Waals surface area contributed by atoms with E-state index in [0.717, 1.165) is 58.4 Å². The Labute approximate surface area is 197 Å². The summed E-state index contributed by atoms with van der Waals surface area (Å²) < 4.78 is 13.8. The SMILES string of the molecule is CCOc1cc2c(cc1CNC(=O)CSc1nnc(-c3ccncc3)n1C1CC1)O[C@H](C)C2. The summed E-state index contributed by atoms with van der Waals surface area (Å²) in [5.41, 5.74) is 3.06. The molecular formula is C24H27N5O3S. The van der Waals surface area contributed by atoms with Gasteiger partial charge in [-0.15, -0.1) is 10.2 Å². The molecule has 1 amide bonds. The summed E-state index contributed by atoms with van der Waals surface area (Å²) in [6.45, 7) is 4.97. The van der Waals surface area contributed by atoms with E-state index in [0.29, 0.717) is 19.2 Å². The Morgan fingerprint density at radius 2 is 2.09 bits per heavy atom. The van der Waals surface area contributed by atoms with Gasteiger partial charge in [0, 0.05) is 48.1 Å². The number of carbonyl (C=O) groups is 1. The molecule has 0 radical (unpaired) electrons. The first kappa shape index (κ1) is 21.8. The van der Waals surface area contributed by atoms with Crippen LogP contribution in [0.3, 0.4) is 0 Å². The second-order valence-corrected chi connectivity index (χ2v) is 9.28. The van der Waals surface area contributed by atoms with Gasteiger partial charge in [-0.2, -0.15) is 0 Å². The van der Waals surface area contributed by atoms with E-state index in [9.17, 15) is 4.79 Å². The number of nitrogens with one attached hydrogen (secondary N) is 1. The van der Waals surface area contributed by atoms with Crippen molar-refractivity contribution in [1.82, 2.24) is 25.1 Å². The van der Waals surface area contributed by atoms with E-state index >= 15 is 0 Å². The first-order valence-corrected chi connectivity index (χ1v) is 12.3. The van der Waals surface area contributed by atoms with Gasteiger partial charge in [0.25, 0.3) is 0 Å². The molecule has 0 unspecified atom stereocenters. The summed E-state index contributed by atoms with van der Waals surface area (Å²) in [4.78, 5) is 16.7. The van der Waals surface area contributed by atoms with E-state index in [1.54, 1.807) is 12.4 Å². The van der Waals surface area contributed by atoms with Crippen molar-refractivity contribution in [1.29, 1.82) is 0 Å². The van der Waals surface area contributed by atoms with Crippen LogP contribution in [-0.4, -0.2) is 44.1 Å². The lowest BCUT2D eigenvalue weighted by Gasteiger charge is -2.13. The Morgan fingerprint density at radius 1 is 1.27 bits per heavy atom. The number of pyridine rings is 1. The number of benzene rings is 1. The van der Waals surface area contributed by atoms with Gasteiger partial charge >= 0.3 is 0 Å². The molecule has 172 valence electrons. The zero-order chi connectivity index (χ0) is 22.8. The van der Waals surface area contributed by atoms with E-state index in [1.807, 2.05) is 31.2 Å². The van der Waals surface area contributed by atoms with Crippen LogP contribution in [0.25, 0.3) is 11.4 Å². The van der Waals surface area contributed by atoms with Crippen LogP contribution in [0.15, 0.2) is 41.8 Å². The van der Waals surface area contributed by atoms with Crippen molar-refractivity contribution in [2.45, 2.75) is 57.0 Å². The normalized spacial score (nSPS) is 16.8. The highest BCUT2D eigenvalue weighted by Crippen LogP contribution is 2.41. The van der Waals surface area contributed by atoms with Gasteiger partial charge in [-0.1, -0.05) is 11.8 Å². The second-order valence-electron chi connectivity index (χ2n) is 8.34. The number of amides is 1. The maximum atomic E-state index is 12.6. The number of hydrogen-bond donors (Lipinski definition) is 1. The van der Waals surface area contributed by atoms with Crippen molar-refractivity contribution >= 4 is 17.7 Å². The standard InChI is InChI=1S/C24H27N5O3S/c1-3-31-20-11-17-10-15(2)32-21(17)12-18(20)13-26-22(30)14-33-24-28-27-23(29(24)19-4-5-19)16-6-8-25-9-7-16/h6-9,11-12,15,19H,3-5,10,13-14H2,1-2H3,(H,26,30)/t15-/m1/s1. The predicted molar refractivity (Wildman–Crippen MR) is 125 cm³/mol. The van der Waals surface area contributed by atoms with Crippen molar-refractivity contribution in [3.05, 3.63) is 47.8 Å². The molecule has 2 aromatic heterocycles. The summed E-state index contributed by atoms with van der Waals surface area (Å²) in [6.07, 6.45) is 6.76. The van der Waals surface area contributed by atoms with Crippen molar-refractivity contribution in [3.8, 4) is 22.9 Å². The zero-order valence-electron chi connectivity index (χ0n) is 18.8. The Hall–Kier alpha value is -3.07. The minimum atomic E-state index is -0.0620. The van der Waals surface area contributed by atoms with Gasteiger partial charge in [-0.05, 0) is 51.0 Å². The van der Waals surface area contributed by atoms with E-state index in [-0.39, 0.29) is 17.8 Å². The fourth-order valence-corrected chi connectivity index (χ4v) is 4.86. The fraction of sp³-hybridized carbons (Fsp3) is 0.417. The molecule has 0 bridgehead atoms. The first-order valence-electron chi connectivity index (χ1n) is 11.3. The Bertz CT molecular complexity index is 1150. The monoisotopic (exact) mass is 465 g/mol. The molecule has 1 aromatic carbocycles. The van der Waals surface area contributed by atoms with Gasteiger partial charge in [0.05, 0.1) is 12.4 Å². The number of ether oxygens (including phenoxy) is 2. The molecule has 1 fully saturated rings. The van der Waals surface area contributed by atoms with Crippen molar-refractivity contribution in [3.63, 3.8) is 0 Å². The zero-order valence-corrected chi connectivity index (χ0v) is 19.6. The molecule has 1 atom stereocenters. The highest BCUT2D eigenvalue weighted by Gasteiger charge is 2.30. The van der Waals surface area contributed by atoms with Crippen LogP contribution in [0.5, 0.6) is 11.5 Å². The Balaban J connectivity index is 1.23. The summed E-state index contributed by atoms with van der Waals surface area (Å²) in [6, 6.07) is 8.29. The van der Waals surface area contributed by atoms with E-state index in [1.165, 1.54) is 11.8 Å². The van der Waals surface area contributed by atoms with Gasteiger partial charge in [0.1, 0.15) is 17.6 Å². The Morgan fingerprint density at radius 3 is 2.85 bits per heavy atom. The molecule has 0 spiro atoms. The lowest BCUT2D eigenvalue weighted by Crippen LogP contribution is -2.25. The number of aromatic nitrogens is 4. The van der Waals surface area contributed by atoms with Crippen LogP contribution >= 0.6 is 11.8 Å². The average Bonchev–Trinajstić information content (AvgIpc) is 3.46. The van der Waals surface area contributed by atoms with Gasteiger partial charge in [-0.25, -0.2) is 0 Å². The topological polar surface area (TPSA) is 91.2 Å². The first-order chi connectivity index (χ1) is 16.1. The Kier molecular flexibility index (Phi) is 6.22. The molecule has 1 saturated carbocycles. The van der Waals surface area contributed by atoms with Crippen LogP contribution in [-0.2, 0) is 17.8 Å². The van der Waals surface area contributed by atoms with Crippen LogP contribution in [0.1, 0.15) is 43.9 Å². The van der Waals surface area contributed by atoms with E-state index in [2.05, 4.69) is 32.0 Å². The van der Waals surface area contributed by atoms with Crippen LogP contribution in [0.4, 0.5) is 0 Å². The minimum Gasteiger partial charge on any atom is -0.494 e. The molecule has 8 nitrogen and oxygen atoms in total. The lowest BCUT2D eigenvalue weighted by molar-refractivity contribution is -0.118. The molecule has 33 heavy (non-hydrogen) atoms. The van der Waals surface area contributed by atoms with Crippen LogP contribution in [0.2, 0.25) is 0 Å². The minimum absolute atomic E-state index is 0.0620. The molecule has 1 N–H and O–H groups in total. The molecule has 1 aliphatic carbocycles. The number of hydrogen-bond acceptors (Lipinski definition) is 7. The third-order valence-electron chi connectivity index (χ3n) is 5.70. The number of carbonyl (C=O) groups excluding carboxylic acids is 1. The van der Waals surface area contributed by atoms with Crippen LogP contribution < -0.4 is 14.8 Å². The predicted octanol–water partition coefficient (Wildman–Crippen LogP) is 3.81. The highest BCUT2D eigenvalue weighted by molar-refractivity contribution is 7.99. The van der Waals surface area contributed by atoms with E-state index in [4.69, 9.17) is 9.47 Å². The highest BCUT2D eigenvalue weighted by atomic mass is 32.2. The van der Waals surface area contributed by atoms with Gasteiger partial charge in [-0.3, -0.25) is 14.3 Å². The lowest BCUT2D eigenvalue weighted by atomic mass is 10.1. The molecule has 5 rings (SSSR count). The summed E-state index contributed by atoms with van der Waals surface area (Å²) in [5.74, 6) is 2.72. The third-order valence-corrected chi connectivity index (χ3v) is 6.65. The average molecular weight is 466 g/mol. The molecule has 0 saturated heterocycles. The maximum absolute atomic E-state index is 12.6. The summed E-state index contributed by atoms with van der Waals surface area (Å²) in [5, 5.41) is 12.5. The molecular weight excluding hydrogens is 438 g/mol. The maximum Gasteiger partial charge on any atom is 0.230 e. The second kappa shape index (κ2) is 9.43. The molecule has 9 heteroatoms. The third kappa shape index (κ3) is 4.83. The molecule has 3 aromatic rings. The fourth-order valence-electron chi connectivity index (χ4n) is 4.02. The number of thioether (sulfide) groups is 1. The molecule has 3 heterocycles. The number of fused-ring (bicyclic) bond motifs is 1. The van der Waals surface area contributed by atoms with Crippen molar-refractivity contribution in [2.75, 3.05) is 12.4 Å². The van der Waals surface area contributed by atoms with Crippen molar-refractivity contribution < 1.29 is 14.3 Å². The van der Waals surface area contributed by atoms with Crippen LogP contribution in [0, 0.1) is 0 Å². The largest absolute Gasteiger partial charge is 0.494 e. The van der Waals surface area contributed by atoms with E-state index < -0.39 is 0 Å².